The van der Waals surface area contributed by atoms with E-state index in [0.29, 0.717) is 4.34 Å². The predicted octanol–water partition coefficient (Wildman–Crippen LogP) is 5.05. The van der Waals surface area contributed by atoms with Crippen LogP contribution in [0.5, 0.6) is 11.5 Å². The molecule has 3 rings (SSSR count). The minimum absolute atomic E-state index is 0.636. The van der Waals surface area contributed by atoms with Crippen molar-refractivity contribution in [2.45, 2.75) is 4.34 Å². The molecule has 0 saturated heterocycles. The zero-order valence-corrected chi connectivity index (χ0v) is 13.8. The van der Waals surface area contributed by atoms with Gasteiger partial charge in [-0.05, 0) is 66.7 Å². The summed E-state index contributed by atoms with van der Waals surface area (Å²) in [5.74, 6) is 1.65. The fraction of sp³-hybridized carbons (Fsp3) is 0.118. The van der Waals surface area contributed by atoms with Crippen LogP contribution >= 0.6 is 24.0 Å². The molecule has 0 spiro atoms. The minimum atomic E-state index is 0.636. The lowest BCUT2D eigenvalue weighted by molar-refractivity contribution is 0.414. The van der Waals surface area contributed by atoms with Gasteiger partial charge in [0, 0.05) is 5.56 Å². The molecule has 1 heterocycles. The molecule has 3 aromatic rings. The lowest BCUT2D eigenvalue weighted by atomic mass is 10.1. The van der Waals surface area contributed by atoms with Crippen molar-refractivity contribution in [3.05, 3.63) is 48.5 Å². The van der Waals surface area contributed by atoms with Crippen molar-refractivity contribution in [1.82, 2.24) is 4.98 Å². The highest BCUT2D eigenvalue weighted by Crippen LogP contribution is 2.38. The second-order valence-corrected chi connectivity index (χ2v) is 6.26. The molecule has 0 amide bonds. The van der Waals surface area contributed by atoms with Crippen LogP contribution in [0.15, 0.2) is 52.9 Å². The maximum absolute atomic E-state index is 5.28. The van der Waals surface area contributed by atoms with Crippen molar-refractivity contribution in [3.8, 4) is 33.2 Å². The molecule has 111 valence electrons. The van der Waals surface area contributed by atoms with Crippen LogP contribution in [0, 0.1) is 0 Å². The first-order valence-electron chi connectivity index (χ1n) is 6.68. The van der Waals surface area contributed by atoms with Crippen molar-refractivity contribution in [1.29, 1.82) is 0 Å². The Kier molecular flexibility index (Phi) is 4.27. The van der Waals surface area contributed by atoms with E-state index in [1.54, 1.807) is 14.2 Å². The first kappa shape index (κ1) is 14.8. The highest BCUT2D eigenvalue weighted by molar-refractivity contribution is 7.82. The second-order valence-electron chi connectivity index (χ2n) is 4.61. The molecule has 0 N–H and O–H groups in total. The Balaban J connectivity index is 2.04. The summed E-state index contributed by atoms with van der Waals surface area (Å²) in [4.78, 5) is 5.58. The Bertz CT molecular complexity index is 699. The molecule has 0 aliphatic heterocycles. The average Bonchev–Trinajstić information content (AvgIpc) is 2.97. The van der Waals surface area contributed by atoms with Crippen LogP contribution in [0.25, 0.3) is 21.7 Å². The zero-order chi connectivity index (χ0) is 15.5. The number of ether oxygens (including phenoxy) is 2. The minimum Gasteiger partial charge on any atom is -0.497 e. The van der Waals surface area contributed by atoms with Gasteiger partial charge in [0.2, 0.25) is 0 Å². The molecule has 5 heteroatoms. The van der Waals surface area contributed by atoms with Crippen molar-refractivity contribution in [2.75, 3.05) is 14.2 Å². The van der Waals surface area contributed by atoms with E-state index in [2.05, 4.69) is 4.98 Å². The van der Waals surface area contributed by atoms with Gasteiger partial charge in [0.1, 0.15) is 11.5 Å². The number of hydrogen-bond donors (Lipinski definition) is 0. The van der Waals surface area contributed by atoms with Gasteiger partial charge in [-0.3, -0.25) is 0 Å². The van der Waals surface area contributed by atoms with E-state index < -0.39 is 0 Å². The molecule has 2 aromatic carbocycles. The summed E-state index contributed by atoms with van der Waals surface area (Å²) >= 11 is 6.79. The van der Waals surface area contributed by atoms with Gasteiger partial charge < -0.3 is 9.47 Å². The molecule has 0 atom stereocenters. The van der Waals surface area contributed by atoms with E-state index in [9.17, 15) is 0 Å². The highest BCUT2D eigenvalue weighted by atomic mass is 32.2. The summed E-state index contributed by atoms with van der Waals surface area (Å²) in [5.41, 5.74) is 3.02. The molecular formula is C17H14NO2S2. The highest BCUT2D eigenvalue weighted by Gasteiger charge is 2.14. The first-order chi connectivity index (χ1) is 10.7. The smallest absolute Gasteiger partial charge is 0.181 e. The number of aromatic nitrogens is 1. The van der Waals surface area contributed by atoms with E-state index >= 15 is 0 Å². The third-order valence-corrected chi connectivity index (χ3v) is 4.56. The number of nitrogens with zero attached hydrogens (tertiary/aromatic N) is 1. The van der Waals surface area contributed by atoms with Gasteiger partial charge in [-0.15, -0.1) is 11.3 Å². The normalized spacial score (nSPS) is 10.5. The van der Waals surface area contributed by atoms with Gasteiger partial charge in [0.25, 0.3) is 0 Å². The topological polar surface area (TPSA) is 31.4 Å². The van der Waals surface area contributed by atoms with Crippen molar-refractivity contribution in [3.63, 3.8) is 0 Å². The molecule has 0 fully saturated rings. The van der Waals surface area contributed by atoms with E-state index in [4.69, 9.17) is 22.1 Å². The summed E-state index contributed by atoms with van der Waals surface area (Å²) in [6.45, 7) is 0. The summed E-state index contributed by atoms with van der Waals surface area (Å²) in [7, 11) is 3.31. The molecule has 22 heavy (non-hydrogen) atoms. The van der Waals surface area contributed by atoms with Gasteiger partial charge >= 0.3 is 0 Å². The Morgan fingerprint density at radius 3 is 1.82 bits per heavy atom. The molecule has 1 aromatic heterocycles. The molecule has 0 aliphatic carbocycles. The van der Waals surface area contributed by atoms with E-state index in [1.807, 2.05) is 48.5 Å². The molecule has 0 unspecified atom stereocenters. The number of hydrogen-bond acceptors (Lipinski definition) is 4. The number of benzene rings is 2. The SMILES string of the molecule is COc1ccc(-c2nc([S])sc2-c2ccc(OC)cc2)cc1. The summed E-state index contributed by atoms with van der Waals surface area (Å²) < 4.78 is 11.0. The molecule has 1 radical (unpaired) electrons. The average molecular weight is 328 g/mol. The maximum Gasteiger partial charge on any atom is 0.181 e. The monoisotopic (exact) mass is 328 g/mol. The fourth-order valence-electron chi connectivity index (χ4n) is 2.18. The second kappa shape index (κ2) is 6.34. The van der Waals surface area contributed by atoms with Crippen LogP contribution in [-0.2, 0) is 0 Å². The van der Waals surface area contributed by atoms with Crippen molar-refractivity contribution in [2.24, 2.45) is 0 Å². The molecule has 0 saturated carbocycles. The van der Waals surface area contributed by atoms with Crippen LogP contribution < -0.4 is 9.47 Å². The predicted molar refractivity (Wildman–Crippen MR) is 91.9 cm³/mol. The van der Waals surface area contributed by atoms with E-state index in [-0.39, 0.29) is 0 Å². The Morgan fingerprint density at radius 2 is 1.32 bits per heavy atom. The van der Waals surface area contributed by atoms with Gasteiger partial charge in [0.15, 0.2) is 4.34 Å². The first-order valence-corrected chi connectivity index (χ1v) is 7.90. The Morgan fingerprint density at radius 1 is 0.818 bits per heavy atom. The largest absolute Gasteiger partial charge is 0.497 e. The number of methoxy groups -OCH3 is 2. The standard InChI is InChI=1S/C17H14NO2S2/c1-19-13-7-3-11(4-8-13)15-16(22-17(21)18-15)12-5-9-14(20-2)10-6-12/h3-10H,1-2H3. The summed E-state index contributed by atoms with van der Waals surface area (Å²) in [6, 6.07) is 15.8. The van der Waals surface area contributed by atoms with Gasteiger partial charge in [-0.1, -0.05) is 0 Å². The molecule has 3 nitrogen and oxygen atoms in total. The molecule has 0 bridgehead atoms. The van der Waals surface area contributed by atoms with Crippen LogP contribution in [0.1, 0.15) is 0 Å². The maximum atomic E-state index is 5.28. The third kappa shape index (κ3) is 2.91. The lowest BCUT2D eigenvalue weighted by Crippen LogP contribution is -1.85. The number of rotatable bonds is 4. The quantitative estimate of drug-likeness (QED) is 0.671. The molecular weight excluding hydrogens is 314 g/mol. The number of thiazole rings is 1. The van der Waals surface area contributed by atoms with Gasteiger partial charge in [-0.2, -0.15) is 0 Å². The van der Waals surface area contributed by atoms with Crippen LogP contribution in [0.2, 0.25) is 0 Å². The fourth-order valence-corrected chi connectivity index (χ4v) is 3.35. The van der Waals surface area contributed by atoms with E-state index in [0.717, 1.165) is 33.2 Å². The Labute approximate surface area is 139 Å². The summed E-state index contributed by atoms with van der Waals surface area (Å²) in [5, 5.41) is 0. The lowest BCUT2D eigenvalue weighted by Gasteiger charge is -2.05. The van der Waals surface area contributed by atoms with Crippen LogP contribution in [0.3, 0.4) is 0 Å². The van der Waals surface area contributed by atoms with E-state index in [1.165, 1.54) is 11.3 Å². The van der Waals surface area contributed by atoms with Crippen LogP contribution in [0.4, 0.5) is 0 Å². The summed E-state index contributed by atoms with van der Waals surface area (Å²) in [6.07, 6.45) is 0. The van der Waals surface area contributed by atoms with Gasteiger partial charge in [0.05, 0.1) is 24.8 Å². The van der Waals surface area contributed by atoms with Gasteiger partial charge in [-0.25, -0.2) is 4.98 Å². The van der Waals surface area contributed by atoms with Crippen molar-refractivity contribution < 1.29 is 9.47 Å². The molecule has 0 aliphatic rings. The van der Waals surface area contributed by atoms with Crippen LogP contribution in [-0.4, -0.2) is 19.2 Å². The third-order valence-electron chi connectivity index (χ3n) is 3.32. The Hall–Kier alpha value is -2.11. The zero-order valence-electron chi connectivity index (χ0n) is 12.2. The van der Waals surface area contributed by atoms with Crippen molar-refractivity contribution >= 4 is 24.0 Å².